The predicted octanol–water partition coefficient (Wildman–Crippen LogP) is 23.1. The number of aromatic nitrogens is 9. The summed E-state index contributed by atoms with van der Waals surface area (Å²) in [6, 6.07) is 109. The molecular weight excluding hydrogens is 1490 g/mol. The molecule has 6 heterocycles. The fourth-order valence-corrected chi connectivity index (χ4v) is 14.6. The number of rotatable bonds is 9. The molecule has 21 rings (SSSR count). The van der Waals surface area contributed by atoms with Crippen molar-refractivity contribution in [2.45, 2.75) is 0 Å². The molecule has 0 fully saturated rings. The van der Waals surface area contributed by atoms with Crippen molar-refractivity contribution in [1.29, 1.82) is 0 Å². The van der Waals surface area contributed by atoms with Crippen molar-refractivity contribution >= 4 is 97.7 Å². The number of hydrogen-bond acceptors (Lipinski definition) is 9. The van der Waals surface area contributed by atoms with E-state index in [0.717, 1.165) is 165 Å². The first-order chi connectivity index (χ1) is 51.8. The summed E-state index contributed by atoms with van der Waals surface area (Å²) in [6.45, 7) is 0. The molecule has 0 atom stereocenters. The minimum atomic E-state index is -0.387. The molecule has 501 valence electrons. The van der Waals surface area contributed by atoms with Crippen LogP contribution in [0.4, 0.5) is 13.2 Å². The van der Waals surface area contributed by atoms with E-state index in [1.807, 2.05) is 146 Å². The Kier molecular flexibility index (Phi) is 16.5. The minimum Gasteiger partial charge on any atom is -0.277 e. The third-order valence-corrected chi connectivity index (χ3v) is 19.3. The Morgan fingerprint density at radius 1 is 0.189 bits per heavy atom. The van der Waals surface area contributed by atoms with Crippen LogP contribution in [0.15, 0.2) is 309 Å². The minimum absolute atomic E-state index is 0. The van der Waals surface area contributed by atoms with Gasteiger partial charge in [0, 0.05) is 136 Å². The number of halogens is 3. The Morgan fingerprint density at radius 3 is 0.557 bits per heavy atom. The van der Waals surface area contributed by atoms with Crippen molar-refractivity contribution in [3.05, 3.63) is 345 Å². The average molecular weight is 1540 g/mol. The summed E-state index contributed by atoms with van der Waals surface area (Å²) < 4.78 is 43.6. The number of pyridine rings is 3. The molecule has 0 spiro atoms. The summed E-state index contributed by atoms with van der Waals surface area (Å²) in [4.78, 5) is 44.1. The van der Waals surface area contributed by atoms with E-state index >= 15 is 0 Å². The van der Waals surface area contributed by atoms with Gasteiger partial charge in [0.15, 0.2) is 0 Å². The summed E-state index contributed by atoms with van der Waals surface area (Å²) in [7, 11) is 0. The van der Waals surface area contributed by atoms with Crippen molar-refractivity contribution in [2.75, 3.05) is 0 Å². The molecular formula is C93H51F3IrN9-3. The van der Waals surface area contributed by atoms with Gasteiger partial charge in [-0.2, -0.15) is 0 Å². The van der Waals surface area contributed by atoms with Gasteiger partial charge in [-0.25, -0.2) is 15.0 Å². The fraction of sp³-hybridized carbons (Fsp3) is 0. The van der Waals surface area contributed by atoms with Crippen molar-refractivity contribution in [1.82, 2.24) is 44.9 Å². The van der Waals surface area contributed by atoms with Gasteiger partial charge in [0.25, 0.3) is 0 Å². The van der Waals surface area contributed by atoms with Crippen molar-refractivity contribution in [2.24, 2.45) is 0 Å². The molecule has 1 radical (unpaired) electrons. The van der Waals surface area contributed by atoms with Crippen molar-refractivity contribution in [3.63, 3.8) is 0 Å². The molecule has 106 heavy (non-hydrogen) atoms. The summed E-state index contributed by atoms with van der Waals surface area (Å²) >= 11 is 0. The Hall–Kier alpha value is -13.5. The van der Waals surface area contributed by atoms with Gasteiger partial charge in [0.05, 0.1) is 84.7 Å². The number of benzene rings is 15. The van der Waals surface area contributed by atoms with Crippen LogP contribution in [-0.2, 0) is 20.1 Å². The van der Waals surface area contributed by atoms with Crippen LogP contribution in [0.2, 0.25) is 0 Å². The van der Waals surface area contributed by atoms with Gasteiger partial charge in [0.1, 0.15) is 0 Å². The van der Waals surface area contributed by atoms with Crippen LogP contribution in [0.1, 0.15) is 0 Å². The van der Waals surface area contributed by atoms with Gasteiger partial charge in [-0.15, -0.1) is 72.8 Å². The molecule has 0 aliphatic heterocycles. The predicted molar refractivity (Wildman–Crippen MR) is 416 cm³/mol. The van der Waals surface area contributed by atoms with Gasteiger partial charge < -0.3 is 0 Å². The van der Waals surface area contributed by atoms with Gasteiger partial charge >= 0.3 is 0 Å². The molecule has 6 aromatic heterocycles. The van der Waals surface area contributed by atoms with Crippen LogP contribution in [0.3, 0.4) is 0 Å². The number of nitrogens with zero attached hydrogens (tertiary/aromatic N) is 9. The van der Waals surface area contributed by atoms with E-state index in [1.54, 1.807) is 36.4 Å². The van der Waals surface area contributed by atoms with Crippen LogP contribution < -0.4 is 0 Å². The molecule has 9 nitrogen and oxygen atoms in total. The molecule has 15 aromatic carbocycles. The quantitative estimate of drug-likeness (QED) is 0.103. The molecule has 0 unspecified atom stereocenters. The fourth-order valence-electron chi connectivity index (χ4n) is 14.6. The van der Waals surface area contributed by atoms with E-state index in [-0.39, 0.29) is 54.2 Å². The summed E-state index contributed by atoms with van der Waals surface area (Å²) in [6.07, 6.45) is 0. The average Bonchev–Trinajstić information content (AvgIpc) is 0.731. The molecule has 0 N–H and O–H groups in total. The second-order valence-electron chi connectivity index (χ2n) is 25.5. The standard InChI is InChI=1S/3C31H17FN3.Ir/c3*32-24-14-8-7-13-21(24)31-33-25-17-15-22-27-23(16-18-26(34-31)28(25)27)30(20-11-5-2-6-12-20)35-29(22)19-9-3-1-4-10-19;/h3*1-12,14-18H;/q3*-1;. The smallest absolute Gasteiger partial charge is 0.0790 e. The van der Waals surface area contributed by atoms with Crippen molar-refractivity contribution < 1.29 is 33.3 Å². The molecule has 0 bridgehead atoms. The zero-order valence-electron chi connectivity index (χ0n) is 55.9. The first kappa shape index (κ1) is 64.6. The third kappa shape index (κ3) is 11.3. The molecule has 0 aliphatic rings. The maximum absolute atomic E-state index is 14.5. The molecule has 0 saturated heterocycles. The van der Waals surface area contributed by atoms with E-state index in [2.05, 4.69) is 127 Å². The van der Waals surface area contributed by atoms with Crippen LogP contribution in [0.25, 0.3) is 199 Å². The monoisotopic (exact) mass is 1540 g/mol. The van der Waals surface area contributed by atoms with Crippen molar-refractivity contribution in [3.8, 4) is 102 Å². The van der Waals surface area contributed by atoms with E-state index in [9.17, 15) is 13.2 Å². The van der Waals surface area contributed by atoms with E-state index in [1.165, 1.54) is 18.2 Å². The molecule has 13 heteroatoms. The second kappa shape index (κ2) is 27.1. The maximum atomic E-state index is 14.5. The SMILES string of the molecule is Fc1ccc[c-]c1-c1nc2ccc3c(-c4ccccc4)nc(-c4ccccc4)c4ccc(n1)c2c34.Fc1ccc[c-]c1-c1nc2ccc3c(-c4ccccc4)nc(-c4ccccc4)c4ccc(n1)c2c34.Fc1ccc[c-]c1-c1nc2ccc3c(-c4ccccc4)nc(-c4ccccc4)c4ccc(n1)c2c34.[Ir]. The van der Waals surface area contributed by atoms with Gasteiger partial charge in [-0.1, -0.05) is 235 Å². The molecule has 0 aliphatic carbocycles. The Bertz CT molecular complexity index is 5890. The van der Waals surface area contributed by atoms with Gasteiger partial charge in [-0.05, 0) is 36.4 Å². The van der Waals surface area contributed by atoms with E-state index in [0.29, 0.717) is 17.5 Å². The zero-order valence-corrected chi connectivity index (χ0v) is 58.3. The molecule has 0 amide bonds. The van der Waals surface area contributed by atoms with Crippen LogP contribution in [0, 0.1) is 35.7 Å². The number of hydrogen-bond donors (Lipinski definition) is 0. The van der Waals surface area contributed by atoms with E-state index < -0.39 is 0 Å². The molecule has 21 aromatic rings. The Balaban J connectivity index is 0.000000112. The Labute approximate surface area is 618 Å². The van der Waals surface area contributed by atoms with E-state index in [4.69, 9.17) is 44.9 Å². The summed E-state index contributed by atoms with van der Waals surface area (Å²) in [5.74, 6) is -0.164. The first-order valence-corrected chi connectivity index (χ1v) is 34.3. The normalized spacial score (nSPS) is 11.5. The van der Waals surface area contributed by atoms with Gasteiger partial charge in [0.2, 0.25) is 0 Å². The van der Waals surface area contributed by atoms with Crippen LogP contribution in [0.5, 0.6) is 0 Å². The van der Waals surface area contributed by atoms with Crippen LogP contribution in [-0.4, -0.2) is 44.9 Å². The topological polar surface area (TPSA) is 116 Å². The second-order valence-corrected chi connectivity index (χ2v) is 25.5. The van der Waals surface area contributed by atoms with Crippen LogP contribution >= 0.6 is 0 Å². The maximum Gasteiger partial charge on any atom is 0.0790 e. The zero-order chi connectivity index (χ0) is 70.1. The summed E-state index contributed by atoms with van der Waals surface area (Å²) in [5.41, 5.74) is 17.2. The Morgan fingerprint density at radius 2 is 0.377 bits per heavy atom. The summed E-state index contributed by atoms with van der Waals surface area (Å²) in [5, 5.41) is 12.3. The molecule has 0 saturated carbocycles. The van der Waals surface area contributed by atoms with Gasteiger partial charge in [-0.3, -0.25) is 43.1 Å². The third-order valence-electron chi connectivity index (χ3n) is 19.3. The largest absolute Gasteiger partial charge is 0.277 e. The first-order valence-electron chi connectivity index (χ1n) is 34.3.